The van der Waals surface area contributed by atoms with Crippen molar-refractivity contribution < 1.29 is 0 Å². The van der Waals surface area contributed by atoms with Crippen LogP contribution in [0.3, 0.4) is 0 Å². The van der Waals surface area contributed by atoms with Crippen molar-refractivity contribution in [3.05, 3.63) is 36.4 Å². The molecule has 0 bridgehead atoms. The van der Waals surface area contributed by atoms with E-state index in [1.165, 1.54) is 42.2 Å². The van der Waals surface area contributed by atoms with Crippen molar-refractivity contribution in [2.45, 2.75) is 37.6 Å². The quantitative estimate of drug-likeness (QED) is 0.778. The van der Waals surface area contributed by atoms with Gasteiger partial charge in [-0.2, -0.15) is 5.10 Å². The predicted octanol–water partition coefficient (Wildman–Crippen LogP) is 3.54. The van der Waals surface area contributed by atoms with Crippen LogP contribution in [-0.2, 0) is 0 Å². The molecule has 0 atom stereocenters. The van der Waals surface area contributed by atoms with Crippen LogP contribution in [0.15, 0.2) is 30.9 Å². The van der Waals surface area contributed by atoms with Gasteiger partial charge in [0.25, 0.3) is 0 Å². The van der Waals surface area contributed by atoms with E-state index in [4.69, 9.17) is 0 Å². The molecule has 23 heavy (non-hydrogen) atoms. The average molecular weight is 309 g/mol. The fourth-order valence-electron chi connectivity index (χ4n) is 3.81. The van der Waals surface area contributed by atoms with Gasteiger partial charge < -0.3 is 9.88 Å². The second kappa shape index (κ2) is 5.81. The molecule has 1 aliphatic rings. The lowest BCUT2D eigenvalue weighted by Crippen LogP contribution is -2.31. The first-order valence-corrected chi connectivity index (χ1v) is 8.35. The third-order valence-electron chi connectivity index (χ3n) is 5.26. The molecule has 5 heteroatoms. The van der Waals surface area contributed by atoms with Crippen LogP contribution < -0.4 is 0 Å². The number of hydrogen-bond donors (Lipinski definition) is 2. The van der Waals surface area contributed by atoms with Crippen LogP contribution in [-0.4, -0.2) is 45.2 Å². The van der Waals surface area contributed by atoms with Gasteiger partial charge in [0, 0.05) is 41.1 Å². The molecule has 0 aliphatic heterocycles. The Balaban J connectivity index is 1.63. The van der Waals surface area contributed by atoms with Crippen molar-refractivity contribution in [1.82, 2.24) is 25.1 Å². The Labute approximate surface area is 136 Å². The van der Waals surface area contributed by atoms with Crippen molar-refractivity contribution in [2.24, 2.45) is 0 Å². The topological polar surface area (TPSA) is 60.6 Å². The minimum atomic E-state index is 0.634. The fourth-order valence-corrected chi connectivity index (χ4v) is 3.81. The van der Waals surface area contributed by atoms with Gasteiger partial charge in [-0.1, -0.05) is 0 Å². The standard InChI is InChI=1S/C18H23N5/c1-23(2)15-5-3-12(4-6-15)13-7-16-17(14-9-21-22-10-14)11-20-18(16)19-8-13/h7-12,15H,3-6H2,1-2H3,(H,19,20)(H,21,22). The van der Waals surface area contributed by atoms with Crippen molar-refractivity contribution in [2.75, 3.05) is 14.1 Å². The van der Waals surface area contributed by atoms with Gasteiger partial charge in [0.2, 0.25) is 0 Å². The van der Waals surface area contributed by atoms with Crippen LogP contribution in [0, 0.1) is 0 Å². The van der Waals surface area contributed by atoms with E-state index in [1.807, 2.05) is 18.6 Å². The van der Waals surface area contributed by atoms with Crippen molar-refractivity contribution >= 4 is 11.0 Å². The van der Waals surface area contributed by atoms with Gasteiger partial charge in [-0.05, 0) is 57.3 Å². The van der Waals surface area contributed by atoms with Crippen LogP contribution in [0.5, 0.6) is 0 Å². The summed E-state index contributed by atoms with van der Waals surface area (Å²) in [5.41, 5.74) is 4.60. The normalized spacial score (nSPS) is 22.0. The molecule has 1 aliphatic carbocycles. The zero-order valence-electron chi connectivity index (χ0n) is 13.7. The van der Waals surface area contributed by atoms with Crippen molar-refractivity contribution in [1.29, 1.82) is 0 Å². The number of nitrogens with zero attached hydrogens (tertiary/aromatic N) is 3. The fraction of sp³-hybridized carbons (Fsp3) is 0.444. The summed E-state index contributed by atoms with van der Waals surface area (Å²) in [5.74, 6) is 0.634. The Hall–Kier alpha value is -2.14. The Morgan fingerprint density at radius 3 is 2.61 bits per heavy atom. The molecule has 2 N–H and O–H groups in total. The third-order valence-corrected chi connectivity index (χ3v) is 5.26. The smallest absolute Gasteiger partial charge is 0.137 e. The molecule has 0 saturated heterocycles. The van der Waals surface area contributed by atoms with E-state index in [9.17, 15) is 0 Å². The van der Waals surface area contributed by atoms with Crippen molar-refractivity contribution in [3.8, 4) is 11.1 Å². The summed E-state index contributed by atoms with van der Waals surface area (Å²) in [6, 6.07) is 3.05. The van der Waals surface area contributed by atoms with Gasteiger partial charge in [0.1, 0.15) is 5.65 Å². The molecule has 3 aromatic heterocycles. The summed E-state index contributed by atoms with van der Waals surface area (Å²) in [6.45, 7) is 0. The lowest BCUT2D eigenvalue weighted by molar-refractivity contribution is 0.216. The largest absolute Gasteiger partial charge is 0.346 e. The Morgan fingerprint density at radius 2 is 1.91 bits per heavy atom. The Bertz CT molecular complexity index is 779. The number of pyridine rings is 1. The summed E-state index contributed by atoms with van der Waals surface area (Å²) in [4.78, 5) is 10.3. The minimum absolute atomic E-state index is 0.634. The molecule has 0 aromatic carbocycles. The number of aromatic nitrogens is 4. The number of hydrogen-bond acceptors (Lipinski definition) is 3. The summed E-state index contributed by atoms with van der Waals surface area (Å²) in [6.07, 6.45) is 12.9. The zero-order valence-corrected chi connectivity index (χ0v) is 13.7. The number of rotatable bonds is 3. The molecule has 120 valence electrons. The zero-order chi connectivity index (χ0) is 15.8. The summed E-state index contributed by atoms with van der Waals surface area (Å²) in [7, 11) is 4.38. The van der Waals surface area contributed by atoms with Gasteiger partial charge in [0.05, 0.1) is 6.20 Å². The number of aromatic amines is 2. The second-order valence-electron chi connectivity index (χ2n) is 6.82. The molecule has 0 radical (unpaired) electrons. The first kappa shape index (κ1) is 14.5. The van der Waals surface area contributed by atoms with E-state index in [0.29, 0.717) is 5.92 Å². The molecule has 0 spiro atoms. The van der Waals surface area contributed by atoms with Crippen LogP contribution >= 0.6 is 0 Å². The number of nitrogens with one attached hydrogen (secondary N) is 2. The SMILES string of the molecule is CN(C)C1CCC(c2cnc3[nH]cc(-c4cn[nH]c4)c3c2)CC1. The molecule has 1 fully saturated rings. The Kier molecular flexibility index (Phi) is 3.65. The molecule has 3 heterocycles. The molecule has 0 unspecified atom stereocenters. The Morgan fingerprint density at radius 1 is 1.09 bits per heavy atom. The molecule has 0 amide bonds. The molecule has 4 rings (SSSR count). The molecule has 1 saturated carbocycles. The van der Waals surface area contributed by atoms with Gasteiger partial charge >= 0.3 is 0 Å². The maximum atomic E-state index is 4.64. The monoisotopic (exact) mass is 309 g/mol. The highest BCUT2D eigenvalue weighted by Gasteiger charge is 2.24. The highest BCUT2D eigenvalue weighted by molar-refractivity contribution is 5.93. The van der Waals surface area contributed by atoms with E-state index in [1.54, 1.807) is 0 Å². The molecule has 5 nitrogen and oxygen atoms in total. The van der Waals surface area contributed by atoms with Crippen LogP contribution in [0.25, 0.3) is 22.2 Å². The lowest BCUT2D eigenvalue weighted by Gasteiger charge is -2.32. The first-order valence-electron chi connectivity index (χ1n) is 8.35. The van der Waals surface area contributed by atoms with E-state index in [0.717, 1.165) is 17.3 Å². The summed E-state index contributed by atoms with van der Waals surface area (Å²) < 4.78 is 0. The van der Waals surface area contributed by atoms with E-state index >= 15 is 0 Å². The lowest BCUT2D eigenvalue weighted by atomic mass is 9.81. The van der Waals surface area contributed by atoms with E-state index < -0.39 is 0 Å². The third kappa shape index (κ3) is 2.65. The van der Waals surface area contributed by atoms with E-state index in [-0.39, 0.29) is 0 Å². The summed E-state index contributed by atoms with van der Waals surface area (Å²) in [5, 5.41) is 8.14. The van der Waals surface area contributed by atoms with E-state index in [2.05, 4.69) is 51.4 Å². The van der Waals surface area contributed by atoms with Crippen LogP contribution in [0.4, 0.5) is 0 Å². The predicted molar refractivity (Wildman–Crippen MR) is 92.4 cm³/mol. The molecular formula is C18H23N5. The maximum absolute atomic E-state index is 4.64. The average Bonchev–Trinajstić information content (AvgIpc) is 3.23. The van der Waals surface area contributed by atoms with Crippen molar-refractivity contribution in [3.63, 3.8) is 0 Å². The first-order chi connectivity index (χ1) is 11.2. The summed E-state index contributed by atoms with van der Waals surface area (Å²) >= 11 is 0. The van der Waals surface area contributed by atoms with Crippen LogP contribution in [0.1, 0.15) is 37.2 Å². The highest BCUT2D eigenvalue weighted by atomic mass is 15.1. The van der Waals surface area contributed by atoms with Gasteiger partial charge in [-0.3, -0.25) is 5.10 Å². The van der Waals surface area contributed by atoms with Crippen LogP contribution in [0.2, 0.25) is 0 Å². The highest BCUT2D eigenvalue weighted by Crippen LogP contribution is 2.36. The van der Waals surface area contributed by atoms with Gasteiger partial charge in [-0.25, -0.2) is 4.98 Å². The molecular weight excluding hydrogens is 286 g/mol. The number of fused-ring (bicyclic) bond motifs is 1. The number of H-pyrrole nitrogens is 2. The minimum Gasteiger partial charge on any atom is -0.346 e. The maximum Gasteiger partial charge on any atom is 0.137 e. The van der Waals surface area contributed by atoms with Gasteiger partial charge in [0.15, 0.2) is 0 Å². The molecule has 3 aromatic rings. The van der Waals surface area contributed by atoms with Gasteiger partial charge in [-0.15, -0.1) is 0 Å². The second-order valence-corrected chi connectivity index (χ2v) is 6.82.